The summed E-state index contributed by atoms with van der Waals surface area (Å²) in [6, 6.07) is 14.0. The monoisotopic (exact) mass is 376 g/mol. The number of H-pyrrole nitrogens is 1. The zero-order valence-electron chi connectivity index (χ0n) is 16.0. The maximum Gasteiger partial charge on any atom is 0.272 e. The molecule has 1 N–H and O–H groups in total. The molecule has 4 rings (SSSR count). The van der Waals surface area contributed by atoms with Crippen LogP contribution < -0.4 is 4.74 Å². The quantitative estimate of drug-likeness (QED) is 0.736. The molecule has 1 unspecified atom stereocenters. The second-order valence-corrected chi connectivity index (χ2v) is 7.09. The summed E-state index contributed by atoms with van der Waals surface area (Å²) in [5.74, 6) is 0.857. The number of methoxy groups -OCH3 is 1. The van der Waals surface area contributed by atoms with Gasteiger partial charge in [0.1, 0.15) is 11.4 Å². The molecule has 0 saturated carbocycles. The summed E-state index contributed by atoms with van der Waals surface area (Å²) in [6.45, 7) is 0.760. The fraction of sp³-hybridized carbons (Fsp3) is 0.318. The Bertz CT molecular complexity index is 905. The first kappa shape index (κ1) is 18.2. The molecule has 1 aromatic carbocycles. The number of ether oxygens (including phenoxy) is 1. The molecule has 2 aromatic heterocycles. The smallest absolute Gasteiger partial charge is 0.272 e. The van der Waals surface area contributed by atoms with Gasteiger partial charge in [-0.25, -0.2) is 0 Å². The highest BCUT2D eigenvalue weighted by Crippen LogP contribution is 2.31. The average molecular weight is 376 g/mol. The number of nitrogens with one attached hydrogen (secondary N) is 1. The van der Waals surface area contributed by atoms with Gasteiger partial charge in [-0.3, -0.25) is 14.9 Å². The summed E-state index contributed by atoms with van der Waals surface area (Å²) < 4.78 is 5.20. The predicted octanol–water partition coefficient (Wildman–Crippen LogP) is 3.77. The van der Waals surface area contributed by atoms with E-state index in [1.54, 1.807) is 19.4 Å². The Morgan fingerprint density at radius 1 is 1.18 bits per heavy atom. The van der Waals surface area contributed by atoms with Crippen molar-refractivity contribution in [1.82, 2.24) is 20.1 Å². The van der Waals surface area contributed by atoms with Crippen molar-refractivity contribution in [3.05, 3.63) is 77.4 Å². The number of piperidine rings is 1. The Kier molecular flexibility index (Phi) is 5.37. The van der Waals surface area contributed by atoms with Crippen LogP contribution in [0.2, 0.25) is 0 Å². The zero-order chi connectivity index (χ0) is 19.3. The molecular formula is C22H24N4O2. The first-order chi connectivity index (χ1) is 13.7. The number of benzene rings is 1. The second kappa shape index (κ2) is 8.25. The third-order valence-corrected chi connectivity index (χ3v) is 5.27. The molecule has 1 amide bonds. The first-order valence-corrected chi connectivity index (χ1v) is 9.62. The van der Waals surface area contributed by atoms with Crippen molar-refractivity contribution in [2.75, 3.05) is 13.7 Å². The Balaban J connectivity index is 1.49. The van der Waals surface area contributed by atoms with Gasteiger partial charge in [0.05, 0.1) is 13.2 Å². The molecule has 1 aliphatic rings. The number of carbonyl (C=O) groups excluding carboxylic acids is 1. The van der Waals surface area contributed by atoms with Crippen molar-refractivity contribution in [2.24, 2.45) is 0 Å². The van der Waals surface area contributed by atoms with E-state index in [4.69, 9.17) is 4.74 Å². The molecule has 144 valence electrons. The van der Waals surface area contributed by atoms with Gasteiger partial charge in [-0.05, 0) is 54.7 Å². The number of nitrogens with zero attached hydrogens (tertiary/aromatic N) is 3. The number of hydrogen-bond donors (Lipinski definition) is 1. The van der Waals surface area contributed by atoms with E-state index in [0.29, 0.717) is 5.69 Å². The third kappa shape index (κ3) is 3.91. The van der Waals surface area contributed by atoms with Crippen LogP contribution in [0.5, 0.6) is 5.75 Å². The summed E-state index contributed by atoms with van der Waals surface area (Å²) in [6.07, 6.45) is 7.40. The van der Waals surface area contributed by atoms with Crippen LogP contribution in [0.25, 0.3) is 0 Å². The summed E-state index contributed by atoms with van der Waals surface area (Å²) in [4.78, 5) is 19.4. The van der Waals surface area contributed by atoms with Gasteiger partial charge in [0.2, 0.25) is 0 Å². The van der Waals surface area contributed by atoms with Crippen molar-refractivity contribution < 1.29 is 9.53 Å². The van der Waals surface area contributed by atoms with Crippen LogP contribution in [0.15, 0.2) is 54.9 Å². The number of likely N-dealkylation sites (tertiary alicyclic amines) is 1. The van der Waals surface area contributed by atoms with Gasteiger partial charge in [-0.2, -0.15) is 5.10 Å². The van der Waals surface area contributed by atoms with Crippen molar-refractivity contribution in [3.63, 3.8) is 0 Å². The van der Waals surface area contributed by atoms with Crippen molar-refractivity contribution in [2.45, 2.75) is 31.7 Å². The maximum absolute atomic E-state index is 12.8. The van der Waals surface area contributed by atoms with E-state index in [0.717, 1.165) is 49.2 Å². The van der Waals surface area contributed by atoms with Gasteiger partial charge < -0.3 is 9.64 Å². The Labute approximate surface area is 164 Å². The fourth-order valence-corrected chi connectivity index (χ4v) is 3.74. The predicted molar refractivity (Wildman–Crippen MR) is 106 cm³/mol. The van der Waals surface area contributed by atoms with Crippen LogP contribution in [0, 0.1) is 0 Å². The highest BCUT2D eigenvalue weighted by Gasteiger charge is 2.29. The van der Waals surface area contributed by atoms with Crippen molar-refractivity contribution in [1.29, 1.82) is 0 Å². The number of aromatic nitrogens is 3. The largest absolute Gasteiger partial charge is 0.497 e. The number of amides is 1. The van der Waals surface area contributed by atoms with Crippen molar-refractivity contribution in [3.8, 4) is 5.75 Å². The summed E-state index contributed by atoms with van der Waals surface area (Å²) in [7, 11) is 1.67. The number of pyridine rings is 1. The molecule has 6 heteroatoms. The lowest BCUT2D eigenvalue weighted by Gasteiger charge is -2.35. The molecule has 0 radical (unpaired) electrons. The molecule has 1 saturated heterocycles. The van der Waals surface area contributed by atoms with E-state index in [9.17, 15) is 4.79 Å². The van der Waals surface area contributed by atoms with E-state index in [2.05, 4.69) is 39.4 Å². The van der Waals surface area contributed by atoms with Crippen molar-refractivity contribution >= 4 is 5.91 Å². The second-order valence-electron chi connectivity index (χ2n) is 7.09. The standard InChI is InChI=1S/C22H24N4O2/c1-28-19-9-5-16(6-10-19)14-18-8-7-17(15-23-18)21-4-2-3-13-26(21)22(27)20-11-12-24-25-20/h5-12,15,21H,2-4,13-14H2,1H3,(H,24,25). The number of aromatic amines is 1. The lowest BCUT2D eigenvalue weighted by molar-refractivity contribution is 0.0605. The molecular weight excluding hydrogens is 352 g/mol. The van der Waals surface area contributed by atoms with E-state index in [1.807, 2.05) is 23.2 Å². The lowest BCUT2D eigenvalue weighted by atomic mass is 9.95. The Hall–Kier alpha value is -3.15. The molecule has 3 heterocycles. The number of rotatable bonds is 5. The SMILES string of the molecule is COc1ccc(Cc2ccc(C3CCCCN3C(=O)c3ccn[nH]3)cn2)cc1. The molecule has 0 aliphatic carbocycles. The fourth-order valence-electron chi connectivity index (χ4n) is 3.74. The van der Waals surface area contributed by atoms with Gasteiger partial charge >= 0.3 is 0 Å². The minimum atomic E-state index is 0.00418. The summed E-state index contributed by atoms with van der Waals surface area (Å²) in [5.41, 5.74) is 3.83. The minimum absolute atomic E-state index is 0.00418. The Morgan fingerprint density at radius 2 is 2.04 bits per heavy atom. The van der Waals surface area contributed by atoms with Crippen LogP contribution in [0.1, 0.15) is 52.6 Å². The first-order valence-electron chi connectivity index (χ1n) is 9.62. The number of hydrogen-bond acceptors (Lipinski definition) is 4. The number of carbonyl (C=O) groups is 1. The third-order valence-electron chi connectivity index (χ3n) is 5.27. The molecule has 1 aliphatic heterocycles. The van der Waals surface area contributed by atoms with Crippen LogP contribution in [0.4, 0.5) is 0 Å². The average Bonchev–Trinajstić information content (AvgIpc) is 3.29. The van der Waals surface area contributed by atoms with Gasteiger partial charge in [-0.1, -0.05) is 18.2 Å². The molecule has 28 heavy (non-hydrogen) atoms. The molecule has 6 nitrogen and oxygen atoms in total. The van der Waals surface area contributed by atoms with Gasteiger partial charge in [-0.15, -0.1) is 0 Å². The van der Waals surface area contributed by atoms with E-state index in [-0.39, 0.29) is 11.9 Å². The lowest BCUT2D eigenvalue weighted by Crippen LogP contribution is -2.38. The maximum atomic E-state index is 12.8. The van der Waals surface area contributed by atoms with Crippen LogP contribution in [-0.4, -0.2) is 39.6 Å². The molecule has 1 atom stereocenters. The highest BCUT2D eigenvalue weighted by molar-refractivity contribution is 5.92. The molecule has 0 spiro atoms. The Morgan fingerprint density at radius 3 is 2.71 bits per heavy atom. The molecule has 1 fully saturated rings. The minimum Gasteiger partial charge on any atom is -0.497 e. The van der Waals surface area contributed by atoms with Gasteiger partial charge in [0, 0.05) is 31.1 Å². The summed E-state index contributed by atoms with van der Waals surface area (Å²) >= 11 is 0. The zero-order valence-corrected chi connectivity index (χ0v) is 16.0. The van der Waals surface area contributed by atoms with Gasteiger partial charge in [0.25, 0.3) is 5.91 Å². The van der Waals surface area contributed by atoms with E-state index >= 15 is 0 Å². The normalized spacial score (nSPS) is 16.8. The topological polar surface area (TPSA) is 71.1 Å². The van der Waals surface area contributed by atoms with Crippen LogP contribution in [0.3, 0.4) is 0 Å². The van der Waals surface area contributed by atoms with E-state index < -0.39 is 0 Å². The van der Waals surface area contributed by atoms with Gasteiger partial charge in [0.15, 0.2) is 0 Å². The van der Waals surface area contributed by atoms with Crippen LogP contribution in [-0.2, 0) is 6.42 Å². The molecule has 3 aromatic rings. The highest BCUT2D eigenvalue weighted by atomic mass is 16.5. The van der Waals surface area contributed by atoms with Crippen LogP contribution >= 0.6 is 0 Å². The summed E-state index contributed by atoms with van der Waals surface area (Å²) in [5, 5.41) is 6.69. The van der Waals surface area contributed by atoms with E-state index in [1.165, 1.54) is 5.56 Å². The molecule has 0 bridgehead atoms.